The first-order valence-electron chi connectivity index (χ1n) is 7.52. The maximum Gasteiger partial charge on any atom is 0.307 e. The molecule has 0 aliphatic heterocycles. The van der Waals surface area contributed by atoms with Crippen LogP contribution in [0.3, 0.4) is 0 Å². The second kappa shape index (κ2) is 6.54. The summed E-state index contributed by atoms with van der Waals surface area (Å²) in [6, 6.07) is 12.9. The number of aliphatic carboxylic acids is 1. The summed E-state index contributed by atoms with van der Waals surface area (Å²) in [7, 11) is 0. The van der Waals surface area contributed by atoms with Crippen molar-refractivity contribution in [1.29, 1.82) is 0 Å². The lowest BCUT2D eigenvalue weighted by Crippen LogP contribution is -2.04. The standard InChI is InChI=1S/C18H17N3O3/c1-12-2-4-13(5-3-12)8-15-11-17(22)21(20-15)16-9-14(6-7-19-16)10-18(23)24/h2-7,9,11,22H,8,10H2,1H3,(H,23,24). The van der Waals surface area contributed by atoms with Gasteiger partial charge in [0.2, 0.25) is 5.88 Å². The number of benzene rings is 1. The summed E-state index contributed by atoms with van der Waals surface area (Å²) >= 11 is 0. The molecule has 0 fully saturated rings. The molecule has 2 N–H and O–H groups in total. The fourth-order valence-corrected chi connectivity index (χ4v) is 2.45. The van der Waals surface area contributed by atoms with Crippen molar-refractivity contribution < 1.29 is 15.0 Å². The molecule has 2 heterocycles. The summed E-state index contributed by atoms with van der Waals surface area (Å²) in [6.07, 6.45) is 2.00. The number of aryl methyl sites for hydroxylation is 1. The van der Waals surface area contributed by atoms with Crippen molar-refractivity contribution in [3.63, 3.8) is 0 Å². The van der Waals surface area contributed by atoms with Crippen LogP contribution in [0.2, 0.25) is 0 Å². The van der Waals surface area contributed by atoms with E-state index in [2.05, 4.69) is 10.1 Å². The minimum atomic E-state index is -0.920. The number of hydrogen-bond donors (Lipinski definition) is 2. The van der Waals surface area contributed by atoms with Crippen LogP contribution in [0.1, 0.15) is 22.4 Å². The van der Waals surface area contributed by atoms with Gasteiger partial charge in [0.25, 0.3) is 0 Å². The maximum atomic E-state index is 10.8. The number of nitrogens with zero attached hydrogens (tertiary/aromatic N) is 3. The molecule has 0 aliphatic carbocycles. The Morgan fingerprint density at radius 3 is 2.58 bits per heavy atom. The molecule has 0 radical (unpaired) electrons. The molecule has 0 aliphatic rings. The minimum Gasteiger partial charge on any atom is -0.493 e. The third kappa shape index (κ3) is 3.60. The van der Waals surface area contributed by atoms with Crippen LogP contribution in [-0.4, -0.2) is 30.9 Å². The zero-order valence-corrected chi connectivity index (χ0v) is 13.2. The van der Waals surface area contributed by atoms with Gasteiger partial charge in [0, 0.05) is 18.7 Å². The van der Waals surface area contributed by atoms with E-state index in [1.807, 2.05) is 31.2 Å². The number of pyridine rings is 1. The summed E-state index contributed by atoms with van der Waals surface area (Å²) in [4.78, 5) is 15.0. The van der Waals surface area contributed by atoms with E-state index in [0.717, 1.165) is 5.56 Å². The van der Waals surface area contributed by atoms with Gasteiger partial charge in [-0.1, -0.05) is 29.8 Å². The zero-order chi connectivity index (χ0) is 17.1. The Balaban J connectivity index is 1.86. The van der Waals surface area contributed by atoms with Crippen LogP contribution < -0.4 is 0 Å². The second-order valence-electron chi connectivity index (χ2n) is 5.66. The van der Waals surface area contributed by atoms with Crippen molar-refractivity contribution in [3.8, 4) is 11.7 Å². The number of carbonyl (C=O) groups is 1. The van der Waals surface area contributed by atoms with Crippen molar-refractivity contribution in [2.45, 2.75) is 19.8 Å². The number of aromatic hydroxyl groups is 1. The quantitative estimate of drug-likeness (QED) is 0.753. The summed E-state index contributed by atoms with van der Waals surface area (Å²) in [6.45, 7) is 2.03. The van der Waals surface area contributed by atoms with Gasteiger partial charge in [0.15, 0.2) is 5.82 Å². The molecule has 0 saturated heterocycles. The highest BCUT2D eigenvalue weighted by atomic mass is 16.4. The van der Waals surface area contributed by atoms with Crippen LogP contribution >= 0.6 is 0 Å². The van der Waals surface area contributed by atoms with Gasteiger partial charge in [-0.2, -0.15) is 9.78 Å². The van der Waals surface area contributed by atoms with Crippen LogP contribution in [-0.2, 0) is 17.6 Å². The Labute approximate surface area is 139 Å². The Hall–Kier alpha value is -3.15. The molecule has 6 heteroatoms. The van der Waals surface area contributed by atoms with Crippen LogP contribution in [0.25, 0.3) is 5.82 Å². The Kier molecular flexibility index (Phi) is 4.29. The molecule has 1 aromatic carbocycles. The molecule has 2 aromatic heterocycles. The number of carboxylic acid groups (broad SMARTS) is 1. The van der Waals surface area contributed by atoms with Gasteiger partial charge in [0.1, 0.15) is 0 Å². The van der Waals surface area contributed by atoms with Crippen molar-refractivity contribution in [3.05, 3.63) is 71.0 Å². The first-order valence-corrected chi connectivity index (χ1v) is 7.52. The maximum absolute atomic E-state index is 10.8. The topological polar surface area (TPSA) is 88.2 Å². The molecule has 0 spiro atoms. The molecule has 0 amide bonds. The Bertz CT molecular complexity index is 869. The molecule has 3 aromatic rings. The highest BCUT2D eigenvalue weighted by Gasteiger charge is 2.11. The number of rotatable bonds is 5. The van der Waals surface area contributed by atoms with Gasteiger partial charge < -0.3 is 10.2 Å². The molecule has 3 rings (SSSR count). The van der Waals surface area contributed by atoms with Gasteiger partial charge >= 0.3 is 5.97 Å². The van der Waals surface area contributed by atoms with Crippen LogP contribution in [0.4, 0.5) is 0 Å². The Morgan fingerprint density at radius 2 is 1.88 bits per heavy atom. The predicted molar refractivity (Wildman–Crippen MR) is 88.3 cm³/mol. The fourth-order valence-electron chi connectivity index (χ4n) is 2.45. The van der Waals surface area contributed by atoms with E-state index in [0.29, 0.717) is 23.5 Å². The monoisotopic (exact) mass is 323 g/mol. The highest BCUT2D eigenvalue weighted by Crippen LogP contribution is 2.19. The lowest BCUT2D eigenvalue weighted by atomic mass is 10.1. The van der Waals surface area contributed by atoms with Gasteiger partial charge in [-0.15, -0.1) is 0 Å². The molecule has 0 atom stereocenters. The predicted octanol–water partition coefficient (Wildman–Crippen LogP) is 2.50. The molecule has 24 heavy (non-hydrogen) atoms. The summed E-state index contributed by atoms with van der Waals surface area (Å²) in [5, 5.41) is 23.4. The van der Waals surface area contributed by atoms with Crippen LogP contribution in [0, 0.1) is 6.92 Å². The largest absolute Gasteiger partial charge is 0.493 e. The lowest BCUT2D eigenvalue weighted by Gasteiger charge is -2.04. The molecule has 0 saturated carbocycles. The van der Waals surface area contributed by atoms with E-state index in [4.69, 9.17) is 5.11 Å². The normalized spacial score (nSPS) is 10.7. The zero-order valence-electron chi connectivity index (χ0n) is 13.2. The molecule has 0 bridgehead atoms. The fraction of sp³-hybridized carbons (Fsp3) is 0.167. The first kappa shape index (κ1) is 15.7. The SMILES string of the molecule is Cc1ccc(Cc2cc(O)n(-c3cc(CC(=O)O)ccn3)n2)cc1. The average Bonchev–Trinajstić information content (AvgIpc) is 2.90. The average molecular weight is 323 g/mol. The van der Waals surface area contributed by atoms with E-state index in [1.54, 1.807) is 18.2 Å². The molecule has 6 nitrogen and oxygen atoms in total. The minimum absolute atomic E-state index is 0.0305. The van der Waals surface area contributed by atoms with E-state index in [9.17, 15) is 9.90 Å². The molecular formula is C18H17N3O3. The number of hydrogen-bond acceptors (Lipinski definition) is 4. The molecule has 122 valence electrons. The summed E-state index contributed by atoms with van der Waals surface area (Å²) in [5.74, 6) is -0.560. The third-order valence-corrected chi connectivity index (χ3v) is 3.63. The van der Waals surface area contributed by atoms with E-state index in [-0.39, 0.29) is 12.3 Å². The van der Waals surface area contributed by atoms with Gasteiger partial charge in [-0.25, -0.2) is 4.98 Å². The van der Waals surface area contributed by atoms with Gasteiger partial charge in [-0.3, -0.25) is 4.79 Å². The summed E-state index contributed by atoms with van der Waals surface area (Å²) in [5.41, 5.74) is 3.59. The van der Waals surface area contributed by atoms with Crippen LogP contribution in [0.15, 0.2) is 48.7 Å². The van der Waals surface area contributed by atoms with Gasteiger partial charge in [0.05, 0.1) is 12.1 Å². The lowest BCUT2D eigenvalue weighted by molar-refractivity contribution is -0.136. The number of aromatic nitrogens is 3. The smallest absolute Gasteiger partial charge is 0.307 e. The van der Waals surface area contributed by atoms with Crippen molar-refractivity contribution in [1.82, 2.24) is 14.8 Å². The second-order valence-corrected chi connectivity index (χ2v) is 5.66. The van der Waals surface area contributed by atoms with Crippen molar-refractivity contribution in [2.75, 3.05) is 0 Å². The van der Waals surface area contributed by atoms with Gasteiger partial charge in [-0.05, 0) is 30.2 Å². The first-order chi connectivity index (χ1) is 11.5. The van der Waals surface area contributed by atoms with E-state index >= 15 is 0 Å². The van der Waals surface area contributed by atoms with Crippen molar-refractivity contribution >= 4 is 5.97 Å². The van der Waals surface area contributed by atoms with E-state index in [1.165, 1.54) is 16.4 Å². The molecule has 0 unspecified atom stereocenters. The van der Waals surface area contributed by atoms with Crippen molar-refractivity contribution in [2.24, 2.45) is 0 Å². The molecular weight excluding hydrogens is 306 g/mol. The Morgan fingerprint density at radius 1 is 1.12 bits per heavy atom. The van der Waals surface area contributed by atoms with E-state index < -0.39 is 5.97 Å². The summed E-state index contributed by atoms with van der Waals surface area (Å²) < 4.78 is 1.31. The third-order valence-electron chi connectivity index (χ3n) is 3.63. The number of carboxylic acids is 1. The highest BCUT2D eigenvalue weighted by molar-refractivity contribution is 5.70. The van der Waals surface area contributed by atoms with Crippen LogP contribution in [0.5, 0.6) is 5.88 Å².